The predicted octanol–water partition coefficient (Wildman–Crippen LogP) is 2.98. The van der Waals surface area contributed by atoms with Gasteiger partial charge >= 0.3 is 6.18 Å². The molecule has 1 nitrogen and oxygen atoms in total. The Morgan fingerprint density at radius 1 is 1.33 bits per heavy atom. The summed E-state index contributed by atoms with van der Waals surface area (Å²) >= 11 is 0. The molecular weight excluding hydrogens is 212 g/mol. The summed E-state index contributed by atoms with van der Waals surface area (Å²) in [4.78, 5) is 0. The molecule has 0 aromatic heterocycles. The lowest BCUT2D eigenvalue weighted by atomic mass is 10.0. The second kappa shape index (κ2) is 4.18. The molecule has 0 spiro atoms. The van der Waals surface area contributed by atoms with Crippen LogP contribution in [0.25, 0.3) is 0 Å². The molecule has 1 rings (SSSR count). The molecule has 0 fully saturated rings. The van der Waals surface area contributed by atoms with E-state index in [1.54, 1.807) is 6.92 Å². The average Bonchev–Trinajstić information content (AvgIpc) is 2.16. The van der Waals surface area contributed by atoms with Crippen LogP contribution in [0.4, 0.5) is 17.6 Å². The number of hydrogen-bond acceptors (Lipinski definition) is 1. The molecule has 0 bridgehead atoms. The summed E-state index contributed by atoms with van der Waals surface area (Å²) in [6.45, 7) is 1.73. The summed E-state index contributed by atoms with van der Waals surface area (Å²) < 4.78 is 49.4. The lowest BCUT2D eigenvalue weighted by molar-refractivity contribution is -0.207. The minimum absolute atomic E-state index is 0.484. The number of hydrogen-bond donors (Lipinski definition) is 1. The van der Waals surface area contributed by atoms with Gasteiger partial charge in [0.05, 0.1) is 0 Å². The molecule has 0 radical (unpaired) electrons. The van der Waals surface area contributed by atoms with Crippen molar-refractivity contribution in [3.63, 3.8) is 0 Å². The number of aliphatic hydroxyl groups is 1. The Balaban J connectivity index is 3.12. The first kappa shape index (κ1) is 12.0. The van der Waals surface area contributed by atoms with Gasteiger partial charge in [0, 0.05) is 5.56 Å². The van der Waals surface area contributed by atoms with Crippen molar-refractivity contribution in [2.24, 2.45) is 0 Å². The van der Waals surface area contributed by atoms with Crippen LogP contribution in [-0.2, 0) is 6.42 Å². The van der Waals surface area contributed by atoms with Gasteiger partial charge in [-0.2, -0.15) is 13.2 Å². The third-order valence-corrected chi connectivity index (χ3v) is 2.07. The molecule has 15 heavy (non-hydrogen) atoms. The number of halogens is 4. The third-order valence-electron chi connectivity index (χ3n) is 2.07. The normalized spacial score (nSPS) is 14.0. The van der Waals surface area contributed by atoms with E-state index in [1.807, 2.05) is 0 Å². The molecule has 1 unspecified atom stereocenters. The van der Waals surface area contributed by atoms with E-state index in [0.29, 0.717) is 12.0 Å². The van der Waals surface area contributed by atoms with Gasteiger partial charge in [0.25, 0.3) is 0 Å². The van der Waals surface area contributed by atoms with E-state index in [9.17, 15) is 17.6 Å². The van der Waals surface area contributed by atoms with Gasteiger partial charge in [-0.05, 0) is 24.1 Å². The maximum atomic E-state index is 13.0. The molecular formula is C10H10F4O. The average molecular weight is 222 g/mol. The second-order valence-corrected chi connectivity index (χ2v) is 3.15. The zero-order valence-electron chi connectivity index (χ0n) is 7.98. The van der Waals surface area contributed by atoms with Crippen molar-refractivity contribution in [3.05, 3.63) is 35.1 Å². The SMILES string of the molecule is CCc1ccc(F)c(C(O)C(F)(F)F)c1. The Kier molecular flexibility index (Phi) is 3.34. The lowest BCUT2D eigenvalue weighted by Crippen LogP contribution is -2.21. The van der Waals surface area contributed by atoms with Crippen LogP contribution in [0.5, 0.6) is 0 Å². The van der Waals surface area contributed by atoms with Crippen LogP contribution in [0.1, 0.15) is 24.2 Å². The van der Waals surface area contributed by atoms with Gasteiger partial charge in [0.2, 0.25) is 0 Å². The van der Waals surface area contributed by atoms with Crippen molar-refractivity contribution in [3.8, 4) is 0 Å². The molecule has 84 valence electrons. The monoisotopic (exact) mass is 222 g/mol. The third kappa shape index (κ3) is 2.68. The highest BCUT2D eigenvalue weighted by molar-refractivity contribution is 5.27. The molecule has 0 aliphatic heterocycles. The van der Waals surface area contributed by atoms with Crippen LogP contribution in [0.15, 0.2) is 18.2 Å². The number of alkyl halides is 3. The standard InChI is InChI=1S/C10H10F4O/c1-2-6-3-4-8(11)7(5-6)9(15)10(12,13)14/h3-5,9,15H,2H2,1H3. The van der Waals surface area contributed by atoms with E-state index in [2.05, 4.69) is 0 Å². The molecule has 1 aromatic rings. The van der Waals surface area contributed by atoms with Crippen molar-refractivity contribution in [2.45, 2.75) is 25.6 Å². The fourth-order valence-electron chi connectivity index (χ4n) is 1.20. The van der Waals surface area contributed by atoms with Crippen molar-refractivity contribution in [1.82, 2.24) is 0 Å². The Morgan fingerprint density at radius 2 is 1.93 bits per heavy atom. The highest BCUT2D eigenvalue weighted by Crippen LogP contribution is 2.34. The maximum Gasteiger partial charge on any atom is 0.418 e. The number of benzene rings is 1. The van der Waals surface area contributed by atoms with Crippen LogP contribution in [0.3, 0.4) is 0 Å². The molecule has 5 heteroatoms. The van der Waals surface area contributed by atoms with E-state index < -0.39 is 23.7 Å². The zero-order valence-corrected chi connectivity index (χ0v) is 7.98. The molecule has 0 aliphatic carbocycles. The minimum atomic E-state index is -4.84. The Morgan fingerprint density at radius 3 is 2.40 bits per heavy atom. The molecule has 0 aliphatic rings. The highest BCUT2D eigenvalue weighted by atomic mass is 19.4. The fourth-order valence-corrected chi connectivity index (χ4v) is 1.20. The van der Waals surface area contributed by atoms with Gasteiger partial charge in [-0.1, -0.05) is 13.0 Å². The summed E-state index contributed by atoms with van der Waals surface area (Å²) in [7, 11) is 0. The highest BCUT2D eigenvalue weighted by Gasteiger charge is 2.40. The molecule has 0 amide bonds. The summed E-state index contributed by atoms with van der Waals surface area (Å²) in [5, 5.41) is 8.89. The number of aryl methyl sites for hydroxylation is 1. The van der Waals surface area contributed by atoms with E-state index in [-0.39, 0.29) is 0 Å². The van der Waals surface area contributed by atoms with Gasteiger partial charge in [-0.25, -0.2) is 4.39 Å². The minimum Gasteiger partial charge on any atom is -0.379 e. The van der Waals surface area contributed by atoms with Gasteiger partial charge in [0.15, 0.2) is 6.10 Å². The van der Waals surface area contributed by atoms with Crippen molar-refractivity contribution in [1.29, 1.82) is 0 Å². The van der Waals surface area contributed by atoms with Gasteiger partial charge < -0.3 is 5.11 Å². The fraction of sp³-hybridized carbons (Fsp3) is 0.400. The Bertz CT molecular complexity index is 346. The summed E-state index contributed by atoms with van der Waals surface area (Å²) in [6, 6.07) is 3.36. The van der Waals surface area contributed by atoms with Crippen LogP contribution in [0.2, 0.25) is 0 Å². The zero-order chi connectivity index (χ0) is 11.6. The van der Waals surface area contributed by atoms with Crippen LogP contribution in [0, 0.1) is 5.82 Å². The molecule has 1 N–H and O–H groups in total. The van der Waals surface area contributed by atoms with Gasteiger partial charge in [0.1, 0.15) is 5.82 Å². The molecule has 1 atom stereocenters. The van der Waals surface area contributed by atoms with Gasteiger partial charge in [-0.3, -0.25) is 0 Å². The first-order valence-electron chi connectivity index (χ1n) is 4.39. The summed E-state index contributed by atoms with van der Waals surface area (Å²) in [5.41, 5.74) is -0.170. The Labute approximate surface area is 84.3 Å². The summed E-state index contributed by atoms with van der Waals surface area (Å²) in [6.07, 6.45) is -7.12. The second-order valence-electron chi connectivity index (χ2n) is 3.15. The molecule has 0 saturated heterocycles. The van der Waals surface area contributed by atoms with E-state index >= 15 is 0 Å². The predicted molar refractivity (Wildman–Crippen MR) is 46.8 cm³/mol. The van der Waals surface area contributed by atoms with Gasteiger partial charge in [-0.15, -0.1) is 0 Å². The van der Waals surface area contributed by atoms with Crippen LogP contribution in [-0.4, -0.2) is 11.3 Å². The first-order valence-corrected chi connectivity index (χ1v) is 4.39. The van der Waals surface area contributed by atoms with E-state index in [0.717, 1.165) is 12.1 Å². The van der Waals surface area contributed by atoms with E-state index in [4.69, 9.17) is 5.11 Å². The number of rotatable bonds is 2. The largest absolute Gasteiger partial charge is 0.418 e. The molecule has 0 saturated carbocycles. The van der Waals surface area contributed by atoms with Crippen molar-refractivity contribution in [2.75, 3.05) is 0 Å². The van der Waals surface area contributed by atoms with E-state index in [1.165, 1.54) is 6.07 Å². The molecule has 1 aromatic carbocycles. The summed E-state index contributed by atoms with van der Waals surface area (Å²) in [5.74, 6) is -1.04. The number of aliphatic hydroxyl groups excluding tert-OH is 1. The molecule has 0 heterocycles. The van der Waals surface area contributed by atoms with Crippen LogP contribution >= 0.6 is 0 Å². The van der Waals surface area contributed by atoms with Crippen LogP contribution < -0.4 is 0 Å². The topological polar surface area (TPSA) is 20.2 Å². The van der Waals surface area contributed by atoms with Crippen molar-refractivity contribution >= 4 is 0 Å². The smallest absolute Gasteiger partial charge is 0.379 e. The maximum absolute atomic E-state index is 13.0. The van der Waals surface area contributed by atoms with Crippen molar-refractivity contribution < 1.29 is 22.7 Å². The first-order chi connectivity index (χ1) is 6.86. The lowest BCUT2D eigenvalue weighted by Gasteiger charge is -2.16. The quantitative estimate of drug-likeness (QED) is 0.762. The Hall–Kier alpha value is -1.10.